The van der Waals surface area contributed by atoms with Crippen molar-refractivity contribution in [3.8, 4) is 28.9 Å². The zero-order valence-corrected chi connectivity index (χ0v) is 31.0. The van der Waals surface area contributed by atoms with Crippen LogP contribution in [0.1, 0.15) is 52.9 Å². The lowest BCUT2D eigenvalue weighted by molar-refractivity contribution is 0.00537. The fourth-order valence-corrected chi connectivity index (χ4v) is 9.32. The Hall–Kier alpha value is -4.70. The second kappa shape index (κ2) is 13.2. The van der Waals surface area contributed by atoms with Crippen molar-refractivity contribution in [2.24, 2.45) is 0 Å². The normalized spacial score (nSPS) is 25.9. The van der Waals surface area contributed by atoms with E-state index in [1.807, 2.05) is 25.7 Å². The van der Waals surface area contributed by atoms with E-state index in [9.17, 15) is 13.6 Å². The Labute approximate surface area is 314 Å². The zero-order valence-electron chi connectivity index (χ0n) is 31.0. The third-order valence-corrected chi connectivity index (χ3v) is 11.6. The number of carbonyl (C=O) groups excluding carboxylic acids is 1. The van der Waals surface area contributed by atoms with E-state index in [0.717, 1.165) is 25.5 Å². The summed E-state index contributed by atoms with van der Waals surface area (Å²) in [6.45, 7) is 6.84. The molecule has 2 bridgehead atoms. The van der Waals surface area contributed by atoms with E-state index in [2.05, 4.69) is 14.9 Å². The summed E-state index contributed by atoms with van der Waals surface area (Å²) in [5, 5.41) is 0.197. The first kappa shape index (κ1) is 36.0. The van der Waals surface area contributed by atoms with Gasteiger partial charge in [0.1, 0.15) is 53.2 Å². The molecule has 0 spiro atoms. The van der Waals surface area contributed by atoms with Crippen LogP contribution in [0.25, 0.3) is 32.9 Å². The van der Waals surface area contributed by atoms with Crippen molar-refractivity contribution >= 4 is 33.6 Å². The SMILES string of the molecule is COCOc1cc(-c2nc3c4c(nc(OC[C@@]56CCCN5C[C@H](F)C6)nc4c2F)N2CC4CCC(C2CO3)N4C(=O)OC(C)(C)C)c2c(F)c(F)ccc2c1. The summed E-state index contributed by atoms with van der Waals surface area (Å²) in [4.78, 5) is 33.5. The van der Waals surface area contributed by atoms with Gasteiger partial charge in [0.05, 0.1) is 23.7 Å². The van der Waals surface area contributed by atoms with Crippen molar-refractivity contribution in [3.63, 3.8) is 0 Å². The van der Waals surface area contributed by atoms with Crippen LogP contribution < -0.4 is 19.1 Å². The van der Waals surface area contributed by atoms with Gasteiger partial charge in [-0.2, -0.15) is 9.97 Å². The first-order valence-electron chi connectivity index (χ1n) is 18.7. The lowest BCUT2D eigenvalue weighted by Gasteiger charge is -2.46. The Kier molecular flexibility index (Phi) is 8.64. The number of methoxy groups -OCH3 is 1. The molecule has 4 fully saturated rings. The summed E-state index contributed by atoms with van der Waals surface area (Å²) < 4.78 is 91.8. The number of alkyl halides is 1. The molecule has 292 valence electrons. The lowest BCUT2D eigenvalue weighted by Crippen LogP contribution is -2.63. The van der Waals surface area contributed by atoms with Crippen LogP contribution in [0.5, 0.6) is 17.6 Å². The van der Waals surface area contributed by atoms with Crippen molar-refractivity contribution in [2.75, 3.05) is 51.7 Å². The molecule has 3 unspecified atom stereocenters. The number of hydrogen-bond donors (Lipinski definition) is 0. The number of benzene rings is 2. The molecule has 12 nitrogen and oxygen atoms in total. The molecule has 7 heterocycles. The molecule has 5 aliphatic rings. The molecule has 0 aliphatic carbocycles. The van der Waals surface area contributed by atoms with E-state index < -0.39 is 46.9 Å². The number of pyridine rings is 1. The average molecular weight is 767 g/mol. The first-order valence-corrected chi connectivity index (χ1v) is 18.7. The summed E-state index contributed by atoms with van der Waals surface area (Å²) in [5.74, 6) is -2.76. The fraction of sp³-hybridized carbons (Fsp3) is 0.538. The number of halogens is 4. The smallest absolute Gasteiger partial charge is 0.410 e. The summed E-state index contributed by atoms with van der Waals surface area (Å²) in [6, 6.07) is 4.09. The van der Waals surface area contributed by atoms with Crippen molar-refractivity contribution in [1.82, 2.24) is 24.8 Å². The van der Waals surface area contributed by atoms with Crippen LogP contribution in [0, 0.1) is 17.5 Å². The molecular formula is C39H42F4N6O6. The predicted octanol–water partition coefficient (Wildman–Crippen LogP) is 6.55. The molecule has 2 aromatic carbocycles. The quantitative estimate of drug-likeness (QED) is 0.151. The second-order valence-electron chi connectivity index (χ2n) is 16.2. The standard InChI is InChI=1S/C39H42F4N6O6/c1-38(2,3)55-37(50)49-22-7-9-26(49)27-17-52-35-29-33(45-36(46-34(29)48(27)16-22)53-18-39-10-5-11-47(39)15-21(40)14-39)31(43)32(44-35)24-13-23(54-19-51-4)12-20-6-8-25(41)30(42)28(20)24/h6,8,12-13,21-22,26-27H,5,7,9-11,14-19H2,1-4H3/t21-,22?,26?,27?,39+/m1/s1. The Morgan fingerprint density at radius 2 is 1.85 bits per heavy atom. The number of anilines is 1. The van der Waals surface area contributed by atoms with Gasteiger partial charge in [-0.3, -0.25) is 9.80 Å². The van der Waals surface area contributed by atoms with Crippen LogP contribution >= 0.6 is 0 Å². The van der Waals surface area contributed by atoms with Crippen LogP contribution in [0.2, 0.25) is 0 Å². The third kappa shape index (κ3) is 6.03. The highest BCUT2D eigenvalue weighted by molar-refractivity contribution is 6.02. The number of piperazine rings is 1. The van der Waals surface area contributed by atoms with Crippen LogP contribution in [-0.2, 0) is 9.47 Å². The van der Waals surface area contributed by atoms with E-state index in [1.165, 1.54) is 25.3 Å². The molecule has 4 saturated heterocycles. The molecule has 0 saturated carbocycles. The minimum atomic E-state index is -1.19. The average Bonchev–Trinajstić information content (AvgIpc) is 3.75. The highest BCUT2D eigenvalue weighted by atomic mass is 19.2. The van der Waals surface area contributed by atoms with Gasteiger partial charge in [-0.1, -0.05) is 6.07 Å². The topological polar surface area (TPSA) is 112 Å². The molecule has 55 heavy (non-hydrogen) atoms. The van der Waals surface area contributed by atoms with E-state index >= 15 is 8.78 Å². The Morgan fingerprint density at radius 1 is 1.02 bits per heavy atom. The molecule has 16 heteroatoms. The van der Waals surface area contributed by atoms with Crippen molar-refractivity contribution in [3.05, 3.63) is 41.7 Å². The fourth-order valence-electron chi connectivity index (χ4n) is 9.32. The minimum Gasteiger partial charge on any atom is -0.475 e. The molecule has 5 aliphatic heterocycles. The molecule has 5 atom stereocenters. The highest BCUT2D eigenvalue weighted by Gasteiger charge is 2.52. The van der Waals surface area contributed by atoms with Crippen molar-refractivity contribution in [2.45, 2.75) is 88.3 Å². The van der Waals surface area contributed by atoms with Gasteiger partial charge in [0, 0.05) is 37.6 Å². The number of amides is 1. The molecule has 1 amide bonds. The summed E-state index contributed by atoms with van der Waals surface area (Å²) in [6.07, 6.45) is 1.92. The maximum absolute atomic E-state index is 17.4. The highest BCUT2D eigenvalue weighted by Crippen LogP contribution is 2.47. The largest absolute Gasteiger partial charge is 0.475 e. The van der Waals surface area contributed by atoms with Crippen LogP contribution in [0.3, 0.4) is 0 Å². The third-order valence-electron chi connectivity index (χ3n) is 11.6. The molecular weight excluding hydrogens is 724 g/mol. The lowest BCUT2D eigenvalue weighted by atomic mass is 9.95. The monoisotopic (exact) mass is 766 g/mol. The molecule has 2 aromatic heterocycles. The van der Waals surface area contributed by atoms with E-state index in [0.29, 0.717) is 38.2 Å². The van der Waals surface area contributed by atoms with Crippen LogP contribution in [0.4, 0.5) is 28.2 Å². The molecule has 0 radical (unpaired) electrons. The summed E-state index contributed by atoms with van der Waals surface area (Å²) >= 11 is 0. The number of aromatic nitrogens is 3. The van der Waals surface area contributed by atoms with Crippen molar-refractivity contribution < 1.29 is 46.0 Å². The molecule has 4 aromatic rings. The Bertz CT molecular complexity index is 2210. The van der Waals surface area contributed by atoms with Crippen molar-refractivity contribution in [1.29, 1.82) is 0 Å². The minimum absolute atomic E-state index is 0.0214. The maximum atomic E-state index is 17.4. The van der Waals surface area contributed by atoms with E-state index in [-0.39, 0.29) is 82.7 Å². The van der Waals surface area contributed by atoms with Gasteiger partial charge >= 0.3 is 12.1 Å². The zero-order chi connectivity index (χ0) is 38.4. The first-order chi connectivity index (χ1) is 26.3. The number of nitrogens with zero attached hydrogens (tertiary/aromatic N) is 6. The van der Waals surface area contributed by atoms with Gasteiger partial charge in [0.25, 0.3) is 0 Å². The van der Waals surface area contributed by atoms with Crippen LogP contribution in [-0.4, -0.2) is 113 Å². The molecule has 0 N–H and O–H groups in total. The van der Waals surface area contributed by atoms with Gasteiger partial charge in [0.15, 0.2) is 24.2 Å². The van der Waals surface area contributed by atoms with Gasteiger partial charge in [0.2, 0.25) is 5.88 Å². The van der Waals surface area contributed by atoms with Gasteiger partial charge in [-0.15, -0.1) is 0 Å². The Balaban J connectivity index is 1.20. The summed E-state index contributed by atoms with van der Waals surface area (Å²) in [7, 11) is 1.43. The predicted molar refractivity (Wildman–Crippen MR) is 193 cm³/mol. The second-order valence-corrected chi connectivity index (χ2v) is 16.2. The van der Waals surface area contributed by atoms with Gasteiger partial charge < -0.3 is 28.6 Å². The number of fused-ring (bicyclic) bond motifs is 7. The van der Waals surface area contributed by atoms with E-state index in [4.69, 9.17) is 28.7 Å². The maximum Gasteiger partial charge on any atom is 0.410 e. The van der Waals surface area contributed by atoms with Gasteiger partial charge in [-0.25, -0.2) is 27.3 Å². The van der Waals surface area contributed by atoms with Crippen LogP contribution in [0.15, 0.2) is 24.3 Å². The van der Waals surface area contributed by atoms with E-state index in [1.54, 1.807) is 4.90 Å². The number of hydrogen-bond acceptors (Lipinski definition) is 11. The Morgan fingerprint density at radius 3 is 2.65 bits per heavy atom. The van der Waals surface area contributed by atoms with Gasteiger partial charge in [-0.05, 0) is 76.6 Å². The summed E-state index contributed by atoms with van der Waals surface area (Å²) in [5.41, 5.74) is -1.90. The number of ether oxygens (including phenoxy) is 5. The number of carbonyl (C=O) groups is 1. The molecule has 9 rings (SSSR count). The number of rotatable bonds is 7.